The molecule has 0 bridgehead atoms. The zero-order valence-electron chi connectivity index (χ0n) is 20.5. The van der Waals surface area contributed by atoms with E-state index in [0.29, 0.717) is 27.4 Å². The Kier molecular flexibility index (Phi) is 7.29. The van der Waals surface area contributed by atoms with Gasteiger partial charge in [-0.3, -0.25) is 4.79 Å². The van der Waals surface area contributed by atoms with Crippen molar-refractivity contribution in [2.45, 2.75) is 18.9 Å². The number of aromatic hydroxyl groups is 1. The zero-order chi connectivity index (χ0) is 27.5. The number of nitrogens with zero attached hydrogens (tertiary/aromatic N) is 2. The average Bonchev–Trinajstić information content (AvgIpc) is 3.35. The van der Waals surface area contributed by atoms with Crippen molar-refractivity contribution < 1.29 is 24.2 Å². The molecule has 0 aliphatic carbocycles. The zero-order valence-corrected chi connectivity index (χ0v) is 21.3. The van der Waals surface area contributed by atoms with Crippen LogP contribution in [0.25, 0.3) is 16.8 Å². The van der Waals surface area contributed by atoms with Crippen LogP contribution in [0.1, 0.15) is 27.2 Å². The number of aliphatic carboxylic acids is 1. The minimum Gasteiger partial charge on any atom is -0.508 e. The van der Waals surface area contributed by atoms with Gasteiger partial charge in [0, 0.05) is 30.3 Å². The minimum absolute atomic E-state index is 0.0244. The second-order valence-corrected chi connectivity index (χ2v) is 9.54. The summed E-state index contributed by atoms with van der Waals surface area (Å²) in [6.07, 6.45) is 3.38. The number of benzene rings is 3. The molecule has 3 aromatic carbocycles. The van der Waals surface area contributed by atoms with Crippen LogP contribution in [0, 0.1) is 5.82 Å². The molecule has 5 rings (SSSR count). The minimum atomic E-state index is -1.28. The van der Waals surface area contributed by atoms with Crippen molar-refractivity contribution in [3.05, 3.63) is 124 Å². The molecule has 5 aromatic rings. The van der Waals surface area contributed by atoms with Crippen molar-refractivity contribution in [2.24, 2.45) is 0 Å². The third-order valence-corrected chi connectivity index (χ3v) is 6.68. The molecule has 2 heterocycles. The van der Waals surface area contributed by atoms with Crippen LogP contribution in [0.15, 0.2) is 91.3 Å². The Balaban J connectivity index is 1.36. The highest BCUT2D eigenvalue weighted by molar-refractivity contribution is 6.30. The number of aromatic nitrogens is 2. The number of halogens is 2. The first kappa shape index (κ1) is 25.9. The van der Waals surface area contributed by atoms with Gasteiger partial charge in [-0.1, -0.05) is 48.0 Å². The van der Waals surface area contributed by atoms with Crippen molar-refractivity contribution in [3.63, 3.8) is 0 Å². The lowest BCUT2D eigenvalue weighted by Gasteiger charge is -2.17. The summed E-state index contributed by atoms with van der Waals surface area (Å²) >= 11 is 5.98. The second-order valence-electron chi connectivity index (χ2n) is 9.10. The van der Waals surface area contributed by atoms with Gasteiger partial charge in [-0.15, -0.1) is 0 Å². The predicted molar refractivity (Wildman–Crippen MR) is 146 cm³/mol. The van der Waals surface area contributed by atoms with Crippen molar-refractivity contribution in [2.75, 3.05) is 0 Å². The quantitative estimate of drug-likeness (QED) is 0.239. The molecule has 0 unspecified atom stereocenters. The Morgan fingerprint density at radius 3 is 2.46 bits per heavy atom. The number of fused-ring (bicyclic) bond motifs is 1. The molecule has 0 saturated carbocycles. The van der Waals surface area contributed by atoms with Gasteiger partial charge in [-0.25, -0.2) is 14.2 Å². The summed E-state index contributed by atoms with van der Waals surface area (Å²) in [4.78, 5) is 29.5. The van der Waals surface area contributed by atoms with Crippen LogP contribution >= 0.6 is 11.6 Å². The highest BCUT2D eigenvalue weighted by Gasteiger charge is 2.24. The number of pyridine rings is 1. The van der Waals surface area contributed by atoms with Crippen LogP contribution < -0.4 is 5.32 Å². The lowest BCUT2D eigenvalue weighted by Crippen LogP contribution is -2.42. The molecule has 0 aliphatic heterocycles. The molecule has 1 atom stereocenters. The summed E-state index contributed by atoms with van der Waals surface area (Å²) in [5.41, 5.74) is 3.92. The van der Waals surface area contributed by atoms with Crippen molar-refractivity contribution in [1.82, 2.24) is 14.7 Å². The molecule has 196 valence electrons. The number of carbonyl (C=O) groups is 2. The van der Waals surface area contributed by atoms with E-state index >= 15 is 0 Å². The van der Waals surface area contributed by atoms with Crippen molar-refractivity contribution in [1.29, 1.82) is 0 Å². The highest BCUT2D eigenvalue weighted by atomic mass is 35.5. The fourth-order valence-electron chi connectivity index (χ4n) is 4.39. The molecule has 2 aromatic heterocycles. The molecule has 0 spiro atoms. The number of carboxylic acid groups (broad SMARTS) is 1. The number of hydrogen-bond donors (Lipinski definition) is 3. The molecule has 0 radical (unpaired) electrons. The van der Waals surface area contributed by atoms with E-state index in [-0.39, 0.29) is 24.3 Å². The summed E-state index contributed by atoms with van der Waals surface area (Å²) in [6, 6.07) is 20.5. The van der Waals surface area contributed by atoms with Crippen LogP contribution in [-0.4, -0.2) is 37.5 Å². The SMILES string of the molecule is O=C(N[C@@H](Cc1ccc(O)cc1Cc1ccccc1F)C(=O)O)c1cn2ccc(-c3ccc(Cl)cc3)cc2n1. The van der Waals surface area contributed by atoms with E-state index in [0.717, 1.165) is 11.1 Å². The van der Waals surface area contributed by atoms with E-state index in [2.05, 4.69) is 10.3 Å². The van der Waals surface area contributed by atoms with Crippen molar-refractivity contribution in [3.8, 4) is 16.9 Å². The van der Waals surface area contributed by atoms with E-state index in [4.69, 9.17) is 11.6 Å². The monoisotopic (exact) mass is 543 g/mol. The molecular weight excluding hydrogens is 521 g/mol. The molecule has 7 nitrogen and oxygen atoms in total. The van der Waals surface area contributed by atoms with Crippen LogP contribution in [0.4, 0.5) is 4.39 Å². The molecule has 3 N–H and O–H groups in total. The Hall–Kier alpha value is -4.69. The molecule has 9 heteroatoms. The number of imidazole rings is 1. The normalized spacial score (nSPS) is 11.8. The van der Waals surface area contributed by atoms with Gasteiger partial charge in [0.25, 0.3) is 5.91 Å². The van der Waals surface area contributed by atoms with Gasteiger partial charge in [0.05, 0.1) is 0 Å². The van der Waals surface area contributed by atoms with Crippen LogP contribution in [0.2, 0.25) is 5.02 Å². The number of carboxylic acids is 1. The van der Waals surface area contributed by atoms with Gasteiger partial charge in [-0.2, -0.15) is 0 Å². The fraction of sp³-hybridized carbons (Fsp3) is 0.100. The van der Waals surface area contributed by atoms with Crippen LogP contribution in [-0.2, 0) is 17.6 Å². The Labute approximate surface area is 228 Å². The lowest BCUT2D eigenvalue weighted by molar-refractivity contribution is -0.139. The summed E-state index contributed by atoms with van der Waals surface area (Å²) in [5.74, 6) is -2.31. The first-order valence-corrected chi connectivity index (χ1v) is 12.5. The summed E-state index contributed by atoms with van der Waals surface area (Å²) in [5, 5.41) is 23.0. The van der Waals surface area contributed by atoms with E-state index in [1.165, 1.54) is 24.4 Å². The van der Waals surface area contributed by atoms with Gasteiger partial charge >= 0.3 is 5.97 Å². The van der Waals surface area contributed by atoms with Crippen LogP contribution in [0.3, 0.4) is 0 Å². The number of carbonyl (C=O) groups excluding carboxylic acids is 1. The third kappa shape index (κ3) is 5.91. The maximum atomic E-state index is 14.3. The van der Waals surface area contributed by atoms with Crippen LogP contribution in [0.5, 0.6) is 5.75 Å². The number of phenols is 1. The summed E-state index contributed by atoms with van der Waals surface area (Å²) in [7, 11) is 0. The van der Waals surface area contributed by atoms with E-state index in [1.807, 2.05) is 24.3 Å². The number of nitrogens with one attached hydrogen (secondary N) is 1. The smallest absolute Gasteiger partial charge is 0.326 e. The number of phenolic OH excluding ortho intramolecular Hbond substituents is 1. The Morgan fingerprint density at radius 2 is 1.72 bits per heavy atom. The van der Waals surface area contributed by atoms with Gasteiger partial charge in [0.2, 0.25) is 0 Å². The van der Waals surface area contributed by atoms with Gasteiger partial charge in [0.15, 0.2) is 0 Å². The molecule has 0 saturated heterocycles. The lowest BCUT2D eigenvalue weighted by atomic mass is 9.94. The summed E-state index contributed by atoms with van der Waals surface area (Å²) < 4.78 is 15.9. The average molecular weight is 544 g/mol. The maximum Gasteiger partial charge on any atom is 0.326 e. The standard InChI is InChI=1S/C30H23ClFN3O4/c31-23-8-5-18(6-9-23)20-11-12-35-17-27(33-28(35)16-20)29(37)34-26(30(38)39)15-19-7-10-24(36)14-22(19)13-21-3-1-2-4-25(21)32/h1-12,14,16-17,26,36H,13,15H2,(H,34,37)(H,38,39)/t26-/m0/s1. The molecule has 1 amide bonds. The molecule has 0 fully saturated rings. The van der Waals surface area contributed by atoms with E-state index in [1.54, 1.807) is 47.0 Å². The number of rotatable bonds is 8. The first-order valence-electron chi connectivity index (χ1n) is 12.1. The summed E-state index contributed by atoms with van der Waals surface area (Å²) in [6.45, 7) is 0. The number of amides is 1. The fourth-order valence-corrected chi connectivity index (χ4v) is 4.51. The first-order chi connectivity index (χ1) is 18.8. The van der Waals surface area contributed by atoms with E-state index < -0.39 is 23.7 Å². The molecule has 39 heavy (non-hydrogen) atoms. The largest absolute Gasteiger partial charge is 0.508 e. The highest BCUT2D eigenvalue weighted by Crippen LogP contribution is 2.24. The van der Waals surface area contributed by atoms with Gasteiger partial charge < -0.3 is 19.9 Å². The Bertz CT molecular complexity index is 1680. The topological polar surface area (TPSA) is 104 Å². The van der Waals surface area contributed by atoms with E-state index in [9.17, 15) is 24.2 Å². The van der Waals surface area contributed by atoms with Crippen molar-refractivity contribution >= 4 is 29.1 Å². The predicted octanol–water partition coefficient (Wildman–Crippen LogP) is 5.52. The Morgan fingerprint density at radius 1 is 0.949 bits per heavy atom. The van der Waals surface area contributed by atoms with Gasteiger partial charge in [0.1, 0.15) is 28.9 Å². The molecular formula is C30H23ClFN3O4. The maximum absolute atomic E-state index is 14.3. The van der Waals surface area contributed by atoms with Gasteiger partial charge in [-0.05, 0) is 70.3 Å². The molecule has 0 aliphatic rings. The third-order valence-electron chi connectivity index (χ3n) is 6.43. The second kappa shape index (κ2) is 11.0. The number of hydrogen-bond acceptors (Lipinski definition) is 4.